The molecule has 1 aromatic carbocycles. The summed E-state index contributed by atoms with van der Waals surface area (Å²) < 4.78 is 75.7. The molecule has 0 unspecified atom stereocenters. The summed E-state index contributed by atoms with van der Waals surface area (Å²) in [6.07, 6.45) is -10.1. The molecule has 1 rings (SSSR count). The van der Waals surface area contributed by atoms with E-state index >= 15 is 0 Å². The van der Waals surface area contributed by atoms with E-state index in [1.165, 1.54) is 7.05 Å². The van der Waals surface area contributed by atoms with E-state index in [1.54, 1.807) is 5.48 Å². The van der Waals surface area contributed by atoms with Gasteiger partial charge in [-0.15, -0.1) is 0 Å². The average molecular weight is 344 g/mol. The fourth-order valence-electron chi connectivity index (χ4n) is 1.38. The van der Waals surface area contributed by atoms with E-state index < -0.39 is 47.5 Å². The van der Waals surface area contributed by atoms with Gasteiger partial charge in [-0.05, 0) is 18.2 Å². The Balaban J connectivity index is 3.05. The third-order valence-electron chi connectivity index (χ3n) is 2.50. The molecule has 0 fully saturated rings. The highest BCUT2D eigenvalue weighted by Gasteiger charge is 2.37. The van der Waals surface area contributed by atoms with Gasteiger partial charge < -0.3 is 5.32 Å². The van der Waals surface area contributed by atoms with Crippen molar-refractivity contribution in [2.45, 2.75) is 12.4 Å². The van der Waals surface area contributed by atoms with Gasteiger partial charge in [-0.3, -0.25) is 14.4 Å². The van der Waals surface area contributed by atoms with Crippen molar-refractivity contribution in [3.63, 3.8) is 0 Å². The number of carbonyl (C=O) groups excluding carboxylic acids is 2. The zero-order valence-electron chi connectivity index (χ0n) is 11.4. The molecule has 0 spiro atoms. The van der Waals surface area contributed by atoms with Crippen molar-refractivity contribution < 1.29 is 40.8 Å². The zero-order valence-corrected chi connectivity index (χ0v) is 11.4. The normalized spacial score (nSPS) is 12.0. The summed E-state index contributed by atoms with van der Waals surface area (Å²) in [4.78, 5) is 26.8. The number of hydrogen-bond acceptors (Lipinski definition) is 3. The molecule has 128 valence electrons. The van der Waals surface area contributed by atoms with E-state index in [0.717, 1.165) is 0 Å². The van der Waals surface area contributed by atoms with Gasteiger partial charge in [-0.1, -0.05) is 0 Å². The van der Waals surface area contributed by atoms with Crippen molar-refractivity contribution in [1.82, 2.24) is 10.8 Å². The summed E-state index contributed by atoms with van der Waals surface area (Å²) in [7, 11) is 1.26. The molecule has 0 aliphatic rings. The number of rotatable bonds is 4. The van der Waals surface area contributed by atoms with E-state index in [0.29, 0.717) is 0 Å². The maximum Gasteiger partial charge on any atom is 0.416 e. The van der Waals surface area contributed by atoms with Crippen LogP contribution in [0.5, 0.6) is 0 Å². The number of carbonyl (C=O) groups is 2. The Kier molecular flexibility index (Phi) is 5.59. The van der Waals surface area contributed by atoms with Gasteiger partial charge in [0.2, 0.25) is 5.91 Å². The third kappa shape index (κ3) is 5.43. The average Bonchev–Trinajstić information content (AvgIpc) is 2.44. The largest absolute Gasteiger partial charge is 0.416 e. The lowest BCUT2D eigenvalue weighted by Gasteiger charge is -2.14. The van der Waals surface area contributed by atoms with Gasteiger partial charge in [0.25, 0.3) is 5.91 Å². The van der Waals surface area contributed by atoms with Crippen LogP contribution in [0.2, 0.25) is 0 Å². The second kappa shape index (κ2) is 6.86. The molecule has 0 aliphatic heterocycles. The highest BCUT2D eigenvalue weighted by Crippen LogP contribution is 2.36. The first-order valence-electron chi connectivity index (χ1n) is 5.87. The van der Waals surface area contributed by atoms with Crippen LogP contribution in [0.25, 0.3) is 0 Å². The van der Waals surface area contributed by atoms with Crippen LogP contribution in [0.1, 0.15) is 21.5 Å². The Morgan fingerprint density at radius 1 is 1.00 bits per heavy atom. The molecule has 0 heterocycles. The summed E-state index contributed by atoms with van der Waals surface area (Å²) in [5.74, 6) is -2.02. The van der Waals surface area contributed by atoms with E-state index in [4.69, 9.17) is 0 Å². The van der Waals surface area contributed by atoms with E-state index in [1.807, 2.05) is 0 Å². The van der Waals surface area contributed by atoms with Gasteiger partial charge in [0, 0.05) is 12.6 Å². The van der Waals surface area contributed by atoms with Crippen LogP contribution in [0.4, 0.5) is 26.3 Å². The number of likely N-dealkylation sites (N-methyl/N-ethyl adjacent to an activating group) is 1. The Bertz CT molecular complexity index is 565. The second-order valence-corrected chi connectivity index (χ2v) is 4.19. The molecule has 0 atom stereocenters. The number of hydrogen-bond donors (Lipinski definition) is 2. The van der Waals surface area contributed by atoms with Crippen LogP contribution in [0.3, 0.4) is 0 Å². The molecule has 5 nitrogen and oxygen atoms in total. The number of nitrogens with one attached hydrogen (secondary N) is 2. The fraction of sp³-hybridized carbons (Fsp3) is 0.333. The quantitative estimate of drug-likeness (QED) is 0.650. The van der Waals surface area contributed by atoms with Crippen LogP contribution in [-0.2, 0) is 22.0 Å². The minimum Gasteiger partial charge on any atom is -0.357 e. The summed E-state index contributed by atoms with van der Waals surface area (Å²) in [5.41, 5.74) is -2.60. The first-order chi connectivity index (χ1) is 10.4. The molecule has 0 radical (unpaired) electrons. The third-order valence-corrected chi connectivity index (χ3v) is 2.50. The van der Waals surface area contributed by atoms with Crippen molar-refractivity contribution in [3.8, 4) is 0 Å². The van der Waals surface area contributed by atoms with Crippen LogP contribution in [0.15, 0.2) is 18.2 Å². The molecule has 2 N–H and O–H groups in total. The molecule has 2 amide bonds. The molecule has 11 heteroatoms. The maximum absolute atomic E-state index is 12.6. The highest BCUT2D eigenvalue weighted by molar-refractivity contribution is 5.94. The van der Waals surface area contributed by atoms with Crippen molar-refractivity contribution in [3.05, 3.63) is 34.9 Å². The molecular formula is C12H10F6N2O3. The first-order valence-corrected chi connectivity index (χ1v) is 5.87. The molecule has 0 aromatic heterocycles. The van der Waals surface area contributed by atoms with Gasteiger partial charge >= 0.3 is 12.4 Å². The molecule has 0 aliphatic carbocycles. The Hall–Kier alpha value is -2.30. The Morgan fingerprint density at radius 3 is 1.87 bits per heavy atom. The molecule has 0 saturated carbocycles. The number of amides is 2. The standard InChI is InChI=1S/C12H10F6N2O3/c1-19-9(21)5-23-20-10(22)6-2-7(11(13,14)15)4-8(3-6)12(16,17)18/h2-4H,5H2,1H3,(H,19,21)(H,20,22). The maximum atomic E-state index is 12.6. The lowest BCUT2D eigenvalue weighted by Crippen LogP contribution is -2.31. The van der Waals surface area contributed by atoms with Crippen LogP contribution < -0.4 is 10.8 Å². The smallest absolute Gasteiger partial charge is 0.357 e. The summed E-state index contributed by atoms with van der Waals surface area (Å²) in [6.45, 7) is -0.659. The first kappa shape index (κ1) is 18.7. The van der Waals surface area contributed by atoms with Crippen LogP contribution >= 0.6 is 0 Å². The predicted octanol–water partition coefficient (Wildman–Crippen LogP) is 2.13. The van der Waals surface area contributed by atoms with Crippen LogP contribution in [0, 0.1) is 0 Å². The van der Waals surface area contributed by atoms with Gasteiger partial charge in [0.1, 0.15) is 0 Å². The molecular weight excluding hydrogens is 334 g/mol. The summed E-state index contributed by atoms with van der Waals surface area (Å²) in [5, 5.41) is 2.12. The monoisotopic (exact) mass is 344 g/mol. The van der Waals surface area contributed by atoms with E-state index in [-0.39, 0.29) is 18.2 Å². The van der Waals surface area contributed by atoms with Gasteiger partial charge in [-0.2, -0.15) is 26.3 Å². The van der Waals surface area contributed by atoms with Crippen molar-refractivity contribution in [1.29, 1.82) is 0 Å². The molecule has 1 aromatic rings. The summed E-state index contributed by atoms with van der Waals surface area (Å²) in [6, 6.07) is 0.379. The fourth-order valence-corrected chi connectivity index (χ4v) is 1.38. The number of benzene rings is 1. The Morgan fingerprint density at radius 2 is 1.48 bits per heavy atom. The Labute approximate surface area is 125 Å². The molecule has 23 heavy (non-hydrogen) atoms. The lowest BCUT2D eigenvalue weighted by molar-refractivity contribution is -0.143. The van der Waals surface area contributed by atoms with Gasteiger partial charge in [0.05, 0.1) is 11.1 Å². The lowest BCUT2D eigenvalue weighted by atomic mass is 10.0. The predicted molar refractivity (Wildman–Crippen MR) is 63.9 cm³/mol. The number of hydroxylamine groups is 1. The minimum absolute atomic E-state index is 0.109. The zero-order chi connectivity index (χ0) is 17.8. The number of halogens is 6. The summed E-state index contributed by atoms with van der Waals surface area (Å²) >= 11 is 0. The second-order valence-electron chi connectivity index (χ2n) is 4.19. The van der Waals surface area contributed by atoms with Crippen LogP contribution in [-0.4, -0.2) is 25.5 Å². The van der Waals surface area contributed by atoms with Crippen molar-refractivity contribution >= 4 is 11.8 Å². The van der Waals surface area contributed by atoms with Gasteiger partial charge in [0.15, 0.2) is 6.61 Å². The minimum atomic E-state index is -5.07. The molecule has 0 bridgehead atoms. The number of alkyl halides is 6. The van der Waals surface area contributed by atoms with E-state index in [2.05, 4.69) is 10.2 Å². The highest BCUT2D eigenvalue weighted by atomic mass is 19.4. The van der Waals surface area contributed by atoms with Crippen molar-refractivity contribution in [2.75, 3.05) is 13.7 Å². The SMILES string of the molecule is CNC(=O)CONC(=O)c1cc(C(F)(F)F)cc(C(F)(F)F)c1. The van der Waals surface area contributed by atoms with E-state index in [9.17, 15) is 35.9 Å². The topological polar surface area (TPSA) is 67.4 Å². The van der Waals surface area contributed by atoms with Gasteiger partial charge in [-0.25, -0.2) is 5.48 Å². The molecule has 0 saturated heterocycles. The van der Waals surface area contributed by atoms with Crippen molar-refractivity contribution in [2.24, 2.45) is 0 Å².